The van der Waals surface area contributed by atoms with Gasteiger partial charge in [0, 0.05) is 6.04 Å². The van der Waals surface area contributed by atoms with Gasteiger partial charge in [-0.25, -0.2) is 0 Å². The third kappa shape index (κ3) is 3.44. The number of hydrogen-bond donors (Lipinski definition) is 2. The van der Waals surface area contributed by atoms with Crippen molar-refractivity contribution in [1.82, 2.24) is 5.32 Å². The van der Waals surface area contributed by atoms with Crippen LogP contribution < -0.4 is 5.32 Å². The van der Waals surface area contributed by atoms with Crippen molar-refractivity contribution in [2.45, 2.75) is 57.9 Å². The van der Waals surface area contributed by atoms with E-state index in [0.717, 1.165) is 44.1 Å². The Morgan fingerprint density at radius 3 is 2.65 bits per heavy atom. The van der Waals surface area contributed by atoms with Gasteiger partial charge in [0.25, 0.3) is 0 Å². The second kappa shape index (κ2) is 5.85. The van der Waals surface area contributed by atoms with Gasteiger partial charge in [-0.15, -0.1) is 0 Å². The molecule has 2 fully saturated rings. The average Bonchev–Trinajstić information content (AvgIpc) is 2.72. The molecule has 0 bridgehead atoms. The highest BCUT2D eigenvalue weighted by atomic mass is 16.4. The summed E-state index contributed by atoms with van der Waals surface area (Å²) < 4.78 is 0. The number of carboxylic acids is 1. The molecule has 0 aromatic heterocycles. The van der Waals surface area contributed by atoms with E-state index in [0.29, 0.717) is 6.04 Å². The molecular weight excluding hydrogens is 214 g/mol. The first-order valence-electron chi connectivity index (χ1n) is 7.13. The van der Waals surface area contributed by atoms with Gasteiger partial charge in [-0.1, -0.05) is 26.2 Å². The zero-order chi connectivity index (χ0) is 12.3. The molecule has 0 aromatic rings. The average molecular weight is 239 g/mol. The van der Waals surface area contributed by atoms with Crippen LogP contribution in [0.5, 0.6) is 0 Å². The molecule has 4 atom stereocenters. The second-order valence-corrected chi connectivity index (χ2v) is 5.98. The molecule has 3 nitrogen and oxygen atoms in total. The molecule has 2 aliphatic rings. The van der Waals surface area contributed by atoms with Crippen molar-refractivity contribution in [2.24, 2.45) is 17.8 Å². The summed E-state index contributed by atoms with van der Waals surface area (Å²) in [4.78, 5) is 11.0. The maximum Gasteiger partial charge on any atom is 0.306 e. The lowest BCUT2D eigenvalue weighted by molar-refractivity contribution is -0.143. The second-order valence-electron chi connectivity index (χ2n) is 5.98. The molecule has 2 aliphatic carbocycles. The van der Waals surface area contributed by atoms with Crippen LogP contribution in [0.1, 0.15) is 51.9 Å². The fraction of sp³-hybridized carbons (Fsp3) is 0.929. The quantitative estimate of drug-likeness (QED) is 0.793. The molecule has 0 radical (unpaired) electrons. The minimum Gasteiger partial charge on any atom is -0.481 e. The smallest absolute Gasteiger partial charge is 0.306 e. The molecule has 3 heteroatoms. The molecule has 0 saturated heterocycles. The van der Waals surface area contributed by atoms with Crippen molar-refractivity contribution in [3.05, 3.63) is 0 Å². The Labute approximate surface area is 104 Å². The molecule has 2 rings (SSSR count). The number of hydrogen-bond acceptors (Lipinski definition) is 2. The van der Waals surface area contributed by atoms with Crippen molar-refractivity contribution >= 4 is 5.97 Å². The standard InChI is InChI=1S/C14H25NO2/c1-10-4-2-6-12(10)9-15-13-7-3-5-11(8-13)14(16)17/h10-13,15H,2-9H2,1H3,(H,16,17). The molecule has 0 heterocycles. The number of carboxylic acid groups (broad SMARTS) is 1. The molecule has 0 aliphatic heterocycles. The molecule has 0 aromatic carbocycles. The van der Waals surface area contributed by atoms with Crippen LogP contribution in [0.3, 0.4) is 0 Å². The van der Waals surface area contributed by atoms with E-state index in [-0.39, 0.29) is 5.92 Å². The summed E-state index contributed by atoms with van der Waals surface area (Å²) in [7, 11) is 0. The Morgan fingerprint density at radius 1 is 1.24 bits per heavy atom. The molecule has 17 heavy (non-hydrogen) atoms. The highest BCUT2D eigenvalue weighted by Crippen LogP contribution is 2.31. The van der Waals surface area contributed by atoms with Gasteiger partial charge >= 0.3 is 5.97 Å². The van der Waals surface area contributed by atoms with Crippen molar-refractivity contribution in [2.75, 3.05) is 6.54 Å². The van der Waals surface area contributed by atoms with E-state index in [4.69, 9.17) is 5.11 Å². The van der Waals surface area contributed by atoms with Crippen molar-refractivity contribution in [3.63, 3.8) is 0 Å². The maximum absolute atomic E-state index is 11.0. The maximum atomic E-state index is 11.0. The summed E-state index contributed by atoms with van der Waals surface area (Å²) in [5.41, 5.74) is 0. The van der Waals surface area contributed by atoms with Gasteiger partial charge in [-0.3, -0.25) is 4.79 Å². The van der Waals surface area contributed by atoms with Crippen molar-refractivity contribution in [3.8, 4) is 0 Å². The molecule has 0 spiro atoms. The third-order valence-electron chi connectivity index (χ3n) is 4.73. The Hall–Kier alpha value is -0.570. The summed E-state index contributed by atoms with van der Waals surface area (Å²) in [6.45, 7) is 3.44. The summed E-state index contributed by atoms with van der Waals surface area (Å²) in [5, 5.41) is 12.7. The Bertz CT molecular complexity index is 267. The van der Waals surface area contributed by atoms with Crippen LogP contribution in [0.25, 0.3) is 0 Å². The molecule has 98 valence electrons. The van der Waals surface area contributed by atoms with E-state index in [1.165, 1.54) is 19.3 Å². The fourth-order valence-corrected chi connectivity index (χ4v) is 3.44. The lowest BCUT2D eigenvalue weighted by Gasteiger charge is -2.29. The van der Waals surface area contributed by atoms with Crippen molar-refractivity contribution < 1.29 is 9.90 Å². The first-order valence-corrected chi connectivity index (χ1v) is 7.13. The van der Waals surface area contributed by atoms with E-state index < -0.39 is 5.97 Å². The largest absolute Gasteiger partial charge is 0.481 e. The Morgan fingerprint density at radius 2 is 2.00 bits per heavy atom. The number of rotatable bonds is 4. The minimum atomic E-state index is -0.606. The SMILES string of the molecule is CC1CCCC1CNC1CCCC(C(=O)O)C1. The highest BCUT2D eigenvalue weighted by molar-refractivity contribution is 5.70. The lowest BCUT2D eigenvalue weighted by Crippen LogP contribution is -2.39. The Kier molecular flexibility index (Phi) is 4.43. The number of carbonyl (C=O) groups is 1. The van der Waals surface area contributed by atoms with Gasteiger partial charge in [0.05, 0.1) is 5.92 Å². The molecule has 4 unspecified atom stereocenters. The topological polar surface area (TPSA) is 49.3 Å². The van der Waals surface area contributed by atoms with Gasteiger partial charge in [0.2, 0.25) is 0 Å². The van der Waals surface area contributed by atoms with Crippen LogP contribution in [0.15, 0.2) is 0 Å². The van der Waals surface area contributed by atoms with Gasteiger partial charge in [-0.05, 0) is 44.1 Å². The highest BCUT2D eigenvalue weighted by Gasteiger charge is 2.28. The summed E-state index contributed by atoms with van der Waals surface area (Å²) in [5.74, 6) is 0.953. The van der Waals surface area contributed by atoms with E-state index in [2.05, 4.69) is 12.2 Å². The van der Waals surface area contributed by atoms with Crippen molar-refractivity contribution in [1.29, 1.82) is 0 Å². The summed E-state index contributed by atoms with van der Waals surface area (Å²) in [6.07, 6.45) is 8.01. The van der Waals surface area contributed by atoms with Gasteiger partial charge in [-0.2, -0.15) is 0 Å². The van der Waals surface area contributed by atoms with Crippen LogP contribution in [-0.4, -0.2) is 23.7 Å². The predicted octanol–water partition coefficient (Wildman–Crippen LogP) is 2.66. The Balaban J connectivity index is 1.73. The van der Waals surface area contributed by atoms with E-state index >= 15 is 0 Å². The first-order chi connectivity index (χ1) is 8.16. The summed E-state index contributed by atoms with van der Waals surface area (Å²) >= 11 is 0. The zero-order valence-corrected chi connectivity index (χ0v) is 10.8. The minimum absolute atomic E-state index is 0.109. The fourth-order valence-electron chi connectivity index (χ4n) is 3.44. The molecule has 2 saturated carbocycles. The van der Waals surface area contributed by atoms with Crippen LogP contribution in [-0.2, 0) is 4.79 Å². The van der Waals surface area contributed by atoms with Gasteiger partial charge in [0.15, 0.2) is 0 Å². The third-order valence-corrected chi connectivity index (χ3v) is 4.73. The predicted molar refractivity (Wildman–Crippen MR) is 67.9 cm³/mol. The van der Waals surface area contributed by atoms with E-state index in [9.17, 15) is 4.79 Å². The monoisotopic (exact) mass is 239 g/mol. The van der Waals surface area contributed by atoms with E-state index in [1.54, 1.807) is 0 Å². The molecular formula is C14H25NO2. The molecule has 2 N–H and O–H groups in total. The summed E-state index contributed by atoms with van der Waals surface area (Å²) in [6, 6.07) is 0.442. The van der Waals surface area contributed by atoms with Crippen LogP contribution in [0.4, 0.5) is 0 Å². The van der Waals surface area contributed by atoms with Gasteiger partial charge < -0.3 is 10.4 Å². The lowest BCUT2D eigenvalue weighted by atomic mass is 9.85. The van der Waals surface area contributed by atoms with E-state index in [1.807, 2.05) is 0 Å². The van der Waals surface area contributed by atoms with Crippen LogP contribution >= 0.6 is 0 Å². The van der Waals surface area contributed by atoms with Gasteiger partial charge in [0.1, 0.15) is 0 Å². The molecule has 0 amide bonds. The number of aliphatic carboxylic acids is 1. The zero-order valence-electron chi connectivity index (χ0n) is 10.8. The number of nitrogens with one attached hydrogen (secondary N) is 1. The van der Waals surface area contributed by atoms with Crippen LogP contribution in [0, 0.1) is 17.8 Å². The normalized spacial score (nSPS) is 38.2. The first kappa shape index (κ1) is 12.9. The van der Waals surface area contributed by atoms with Crippen LogP contribution in [0.2, 0.25) is 0 Å².